The maximum absolute atomic E-state index is 14.1. The molecule has 41 heavy (non-hydrogen) atoms. The lowest BCUT2D eigenvalue weighted by molar-refractivity contribution is -0.140. The molecule has 10 heteroatoms. The lowest BCUT2D eigenvalue weighted by atomic mass is 10.1. The molecule has 1 N–H and O–H groups in total. The highest BCUT2D eigenvalue weighted by Crippen LogP contribution is 2.32. The number of nitrogens with zero attached hydrogens (tertiary/aromatic N) is 2. The Morgan fingerprint density at radius 2 is 1.61 bits per heavy atom. The van der Waals surface area contributed by atoms with E-state index in [0.717, 1.165) is 9.87 Å². The van der Waals surface area contributed by atoms with Crippen molar-refractivity contribution >= 4 is 27.5 Å². The van der Waals surface area contributed by atoms with Crippen LogP contribution >= 0.6 is 0 Å². The van der Waals surface area contributed by atoms with Gasteiger partial charge in [-0.25, -0.2) is 12.8 Å². The van der Waals surface area contributed by atoms with Crippen molar-refractivity contribution in [3.63, 3.8) is 0 Å². The maximum Gasteiger partial charge on any atom is 0.264 e. The number of sulfonamides is 1. The van der Waals surface area contributed by atoms with Crippen LogP contribution in [0, 0.1) is 18.7 Å². The second-order valence-electron chi connectivity index (χ2n) is 10.2. The molecule has 0 saturated heterocycles. The summed E-state index contributed by atoms with van der Waals surface area (Å²) in [6.45, 7) is 7.37. The molecular formula is C31H38FN3O5S. The van der Waals surface area contributed by atoms with E-state index in [0.29, 0.717) is 12.1 Å². The van der Waals surface area contributed by atoms with E-state index in [4.69, 9.17) is 4.74 Å². The van der Waals surface area contributed by atoms with Crippen LogP contribution in [0.5, 0.6) is 5.75 Å². The average molecular weight is 584 g/mol. The summed E-state index contributed by atoms with van der Waals surface area (Å²) < 4.78 is 48.1. The normalized spacial score (nSPS) is 12.1. The molecule has 0 aliphatic rings. The number of hydrogen-bond acceptors (Lipinski definition) is 5. The van der Waals surface area contributed by atoms with Gasteiger partial charge in [0.1, 0.15) is 24.2 Å². The predicted octanol–water partition coefficient (Wildman–Crippen LogP) is 4.92. The Bertz CT molecular complexity index is 1430. The fourth-order valence-electron chi connectivity index (χ4n) is 4.32. The number of ether oxygens (including phenoxy) is 1. The highest BCUT2D eigenvalue weighted by Gasteiger charge is 2.34. The van der Waals surface area contributed by atoms with Crippen molar-refractivity contribution < 1.29 is 27.1 Å². The van der Waals surface area contributed by atoms with Crippen LogP contribution in [0.2, 0.25) is 0 Å². The van der Waals surface area contributed by atoms with Gasteiger partial charge in [0.25, 0.3) is 10.0 Å². The molecule has 2 amide bonds. The number of rotatable bonds is 13. The third kappa shape index (κ3) is 8.07. The first-order valence-corrected chi connectivity index (χ1v) is 15.0. The SMILES string of the molecule is CCC(C(=O)NCC(C)C)N(Cc1ccc(F)cc1)C(=O)CN(c1ccccc1OC)S(=O)(=O)c1ccc(C)cc1. The van der Waals surface area contributed by atoms with Crippen LogP contribution in [0.4, 0.5) is 10.1 Å². The highest BCUT2D eigenvalue weighted by molar-refractivity contribution is 7.92. The number of para-hydroxylation sites is 2. The second-order valence-corrected chi connectivity index (χ2v) is 12.1. The predicted molar refractivity (Wildman–Crippen MR) is 158 cm³/mol. The van der Waals surface area contributed by atoms with Crippen LogP contribution in [-0.2, 0) is 26.2 Å². The zero-order valence-electron chi connectivity index (χ0n) is 24.1. The van der Waals surface area contributed by atoms with E-state index in [1.807, 2.05) is 20.8 Å². The average Bonchev–Trinajstić information content (AvgIpc) is 2.95. The Morgan fingerprint density at radius 1 is 0.976 bits per heavy atom. The van der Waals surface area contributed by atoms with Gasteiger partial charge in [0, 0.05) is 13.1 Å². The van der Waals surface area contributed by atoms with Gasteiger partial charge >= 0.3 is 0 Å². The maximum atomic E-state index is 14.1. The summed E-state index contributed by atoms with van der Waals surface area (Å²) in [6, 6.07) is 17.6. The second kappa shape index (κ2) is 14.1. The van der Waals surface area contributed by atoms with Crippen molar-refractivity contribution in [1.82, 2.24) is 10.2 Å². The number of halogens is 1. The standard InChI is InChI=1S/C31H38FN3O5S/c1-6-27(31(37)33-19-22(2)3)34(20-24-13-15-25(32)16-14-24)30(36)21-35(28-9-7-8-10-29(28)40-5)41(38,39)26-17-11-23(4)12-18-26/h7-18,22,27H,6,19-21H2,1-5H3,(H,33,37). The molecule has 0 radical (unpaired) electrons. The van der Waals surface area contributed by atoms with Crippen LogP contribution in [-0.4, -0.2) is 51.4 Å². The molecular weight excluding hydrogens is 545 g/mol. The molecule has 0 aromatic heterocycles. The molecule has 0 bridgehead atoms. The molecule has 3 rings (SSSR count). The summed E-state index contributed by atoms with van der Waals surface area (Å²) >= 11 is 0. The summed E-state index contributed by atoms with van der Waals surface area (Å²) in [5.41, 5.74) is 1.66. The summed E-state index contributed by atoms with van der Waals surface area (Å²) in [5, 5.41) is 2.88. The minimum absolute atomic E-state index is 0.00797. The van der Waals surface area contributed by atoms with E-state index in [-0.39, 0.29) is 41.1 Å². The number of carbonyl (C=O) groups excluding carboxylic acids is 2. The van der Waals surface area contributed by atoms with E-state index >= 15 is 0 Å². The number of methoxy groups -OCH3 is 1. The van der Waals surface area contributed by atoms with E-state index in [1.165, 1.54) is 48.4 Å². The van der Waals surface area contributed by atoms with Crippen molar-refractivity contribution in [1.29, 1.82) is 0 Å². The molecule has 0 aliphatic heterocycles. The number of anilines is 1. The fraction of sp³-hybridized carbons (Fsp3) is 0.355. The van der Waals surface area contributed by atoms with E-state index in [1.54, 1.807) is 43.3 Å². The zero-order valence-corrected chi connectivity index (χ0v) is 24.9. The van der Waals surface area contributed by atoms with Gasteiger partial charge in [-0.05, 0) is 61.2 Å². The Labute approximate surface area is 242 Å². The molecule has 0 spiro atoms. The third-order valence-electron chi connectivity index (χ3n) is 6.58. The molecule has 0 heterocycles. The first-order chi connectivity index (χ1) is 19.5. The van der Waals surface area contributed by atoms with Crippen molar-refractivity contribution in [3.8, 4) is 5.75 Å². The minimum atomic E-state index is -4.23. The van der Waals surface area contributed by atoms with Crippen LogP contribution in [0.15, 0.2) is 77.7 Å². The molecule has 0 saturated carbocycles. The number of benzene rings is 3. The van der Waals surface area contributed by atoms with Crippen molar-refractivity contribution in [2.45, 2.75) is 51.6 Å². The molecule has 8 nitrogen and oxygen atoms in total. The van der Waals surface area contributed by atoms with Gasteiger partial charge in [-0.3, -0.25) is 13.9 Å². The van der Waals surface area contributed by atoms with Gasteiger partial charge in [0.05, 0.1) is 17.7 Å². The zero-order chi connectivity index (χ0) is 30.2. The van der Waals surface area contributed by atoms with Gasteiger partial charge in [-0.2, -0.15) is 0 Å². The van der Waals surface area contributed by atoms with E-state index < -0.39 is 34.3 Å². The molecule has 0 aliphatic carbocycles. The van der Waals surface area contributed by atoms with Crippen molar-refractivity contribution in [3.05, 3.63) is 89.7 Å². The van der Waals surface area contributed by atoms with Gasteiger partial charge in [0.15, 0.2) is 0 Å². The summed E-state index contributed by atoms with van der Waals surface area (Å²) in [4.78, 5) is 28.7. The molecule has 3 aromatic rings. The van der Waals surface area contributed by atoms with Gasteiger partial charge in [-0.1, -0.05) is 62.7 Å². The number of hydrogen-bond donors (Lipinski definition) is 1. The monoisotopic (exact) mass is 583 g/mol. The Kier molecular flexibility index (Phi) is 10.9. The Balaban J connectivity index is 2.08. The quantitative estimate of drug-likeness (QED) is 0.308. The molecule has 1 atom stereocenters. The number of nitrogens with one attached hydrogen (secondary N) is 1. The lowest BCUT2D eigenvalue weighted by Gasteiger charge is -2.33. The van der Waals surface area contributed by atoms with Gasteiger partial charge in [0.2, 0.25) is 11.8 Å². The summed E-state index contributed by atoms with van der Waals surface area (Å²) in [6.07, 6.45) is 0.288. The fourth-order valence-corrected chi connectivity index (χ4v) is 5.74. The highest BCUT2D eigenvalue weighted by atomic mass is 32.2. The molecule has 0 fully saturated rings. The number of carbonyl (C=O) groups is 2. The van der Waals surface area contributed by atoms with E-state index in [2.05, 4.69) is 5.32 Å². The van der Waals surface area contributed by atoms with Crippen molar-refractivity contribution in [2.75, 3.05) is 24.5 Å². The third-order valence-corrected chi connectivity index (χ3v) is 8.35. The summed E-state index contributed by atoms with van der Waals surface area (Å²) in [5.74, 6) is -0.912. The first-order valence-electron chi connectivity index (χ1n) is 13.5. The molecule has 1 unspecified atom stereocenters. The smallest absolute Gasteiger partial charge is 0.264 e. The van der Waals surface area contributed by atoms with Crippen LogP contribution in [0.1, 0.15) is 38.3 Å². The van der Waals surface area contributed by atoms with Crippen LogP contribution in [0.3, 0.4) is 0 Å². The van der Waals surface area contributed by atoms with Crippen molar-refractivity contribution in [2.24, 2.45) is 5.92 Å². The molecule has 220 valence electrons. The number of aryl methyl sites for hydroxylation is 1. The van der Waals surface area contributed by atoms with Gasteiger partial charge < -0.3 is 15.0 Å². The van der Waals surface area contributed by atoms with E-state index in [9.17, 15) is 22.4 Å². The summed E-state index contributed by atoms with van der Waals surface area (Å²) in [7, 11) is -2.81. The van der Waals surface area contributed by atoms with Crippen LogP contribution < -0.4 is 14.4 Å². The van der Waals surface area contributed by atoms with Gasteiger partial charge in [-0.15, -0.1) is 0 Å². The van der Waals surface area contributed by atoms with Crippen LogP contribution in [0.25, 0.3) is 0 Å². The Hall–Kier alpha value is -3.92. The Morgan fingerprint density at radius 3 is 2.20 bits per heavy atom. The first kappa shape index (κ1) is 31.6. The minimum Gasteiger partial charge on any atom is -0.495 e. The topological polar surface area (TPSA) is 96.0 Å². The largest absolute Gasteiger partial charge is 0.495 e. The molecule has 3 aromatic carbocycles. The number of amides is 2. The lowest BCUT2D eigenvalue weighted by Crippen LogP contribution is -2.52.